The Labute approximate surface area is 129 Å². The lowest BCUT2D eigenvalue weighted by Crippen LogP contribution is -2.25. The van der Waals surface area contributed by atoms with Crippen LogP contribution in [0.1, 0.15) is 22.6 Å². The average molecular weight is 304 g/mol. The number of hydrogen-bond donors (Lipinski definition) is 1. The van der Waals surface area contributed by atoms with Crippen molar-refractivity contribution in [3.8, 4) is 11.5 Å². The van der Waals surface area contributed by atoms with Crippen molar-refractivity contribution in [3.05, 3.63) is 40.8 Å². The lowest BCUT2D eigenvalue weighted by molar-refractivity contribution is -0.120. The lowest BCUT2D eigenvalue weighted by atomic mass is 10.1. The van der Waals surface area contributed by atoms with Gasteiger partial charge in [-0.25, -0.2) is 0 Å². The first-order chi connectivity index (χ1) is 10.6. The van der Waals surface area contributed by atoms with Gasteiger partial charge in [0.25, 0.3) is 0 Å². The number of hydrogen-bond acceptors (Lipinski definition) is 5. The summed E-state index contributed by atoms with van der Waals surface area (Å²) in [4.78, 5) is 12.1. The molecule has 1 heterocycles. The van der Waals surface area contributed by atoms with Gasteiger partial charge in [-0.1, -0.05) is 17.3 Å². The second kappa shape index (κ2) is 6.98. The van der Waals surface area contributed by atoms with E-state index in [1.165, 1.54) is 0 Å². The molecule has 6 heteroatoms. The van der Waals surface area contributed by atoms with Crippen LogP contribution in [0, 0.1) is 13.8 Å². The first-order valence-electron chi connectivity index (χ1n) is 6.95. The van der Waals surface area contributed by atoms with Crippen molar-refractivity contribution in [2.24, 2.45) is 0 Å². The van der Waals surface area contributed by atoms with Crippen LogP contribution < -0.4 is 14.8 Å². The van der Waals surface area contributed by atoms with Crippen LogP contribution in [0.15, 0.2) is 22.7 Å². The van der Waals surface area contributed by atoms with Crippen molar-refractivity contribution in [2.75, 3.05) is 14.2 Å². The molecule has 0 saturated heterocycles. The molecule has 0 aliphatic carbocycles. The molecule has 0 spiro atoms. The van der Waals surface area contributed by atoms with Gasteiger partial charge >= 0.3 is 0 Å². The number of aryl methyl sites for hydroxylation is 2. The molecule has 0 radical (unpaired) electrons. The Bertz CT molecular complexity index is 645. The maximum Gasteiger partial charge on any atom is 0.224 e. The Morgan fingerprint density at radius 2 is 2.05 bits per heavy atom. The first kappa shape index (κ1) is 15.9. The molecule has 2 aromatic rings. The SMILES string of the molecule is COc1cccc(CNC(=O)Cc2c(C)noc2C)c1OC. The highest BCUT2D eigenvalue weighted by Crippen LogP contribution is 2.30. The van der Waals surface area contributed by atoms with Crippen LogP contribution in [-0.2, 0) is 17.8 Å². The Balaban J connectivity index is 2.03. The first-order valence-corrected chi connectivity index (χ1v) is 6.95. The quantitative estimate of drug-likeness (QED) is 0.885. The van der Waals surface area contributed by atoms with Crippen LogP contribution in [0.25, 0.3) is 0 Å². The Hall–Kier alpha value is -2.50. The zero-order valence-corrected chi connectivity index (χ0v) is 13.2. The number of para-hydroxylation sites is 1. The maximum atomic E-state index is 12.1. The summed E-state index contributed by atoms with van der Waals surface area (Å²) in [5.74, 6) is 1.84. The van der Waals surface area contributed by atoms with Crippen molar-refractivity contribution >= 4 is 5.91 Å². The van der Waals surface area contributed by atoms with Gasteiger partial charge in [-0.15, -0.1) is 0 Å². The zero-order chi connectivity index (χ0) is 16.1. The normalized spacial score (nSPS) is 10.4. The van der Waals surface area contributed by atoms with Crippen LogP contribution in [0.4, 0.5) is 0 Å². The third kappa shape index (κ3) is 3.39. The van der Waals surface area contributed by atoms with Gasteiger partial charge in [-0.3, -0.25) is 4.79 Å². The van der Waals surface area contributed by atoms with E-state index in [9.17, 15) is 4.79 Å². The molecule has 1 amide bonds. The highest BCUT2D eigenvalue weighted by Gasteiger charge is 2.14. The maximum absolute atomic E-state index is 12.1. The monoisotopic (exact) mass is 304 g/mol. The van der Waals surface area contributed by atoms with Crippen LogP contribution in [0.2, 0.25) is 0 Å². The van der Waals surface area contributed by atoms with E-state index >= 15 is 0 Å². The predicted octanol–water partition coefficient (Wildman–Crippen LogP) is 2.17. The topological polar surface area (TPSA) is 73.6 Å². The number of ether oxygens (including phenoxy) is 2. The second-order valence-corrected chi connectivity index (χ2v) is 4.91. The fourth-order valence-corrected chi connectivity index (χ4v) is 2.26. The van der Waals surface area contributed by atoms with Gasteiger partial charge in [0, 0.05) is 17.7 Å². The van der Waals surface area contributed by atoms with Crippen molar-refractivity contribution in [3.63, 3.8) is 0 Å². The van der Waals surface area contributed by atoms with Gasteiger partial charge in [0.1, 0.15) is 5.76 Å². The highest BCUT2D eigenvalue weighted by molar-refractivity contribution is 5.79. The number of amides is 1. The smallest absolute Gasteiger partial charge is 0.224 e. The van der Waals surface area contributed by atoms with Crippen molar-refractivity contribution in [1.29, 1.82) is 0 Å². The predicted molar refractivity (Wildman–Crippen MR) is 81.1 cm³/mol. The summed E-state index contributed by atoms with van der Waals surface area (Å²) in [7, 11) is 3.16. The molecule has 22 heavy (non-hydrogen) atoms. The van der Waals surface area contributed by atoms with E-state index in [4.69, 9.17) is 14.0 Å². The van der Waals surface area contributed by atoms with Crippen molar-refractivity contribution in [2.45, 2.75) is 26.8 Å². The summed E-state index contributed by atoms with van der Waals surface area (Å²) in [6, 6.07) is 5.56. The number of rotatable bonds is 6. The molecular weight excluding hydrogens is 284 g/mol. The van der Waals surface area contributed by atoms with Crippen LogP contribution >= 0.6 is 0 Å². The summed E-state index contributed by atoms with van der Waals surface area (Å²) in [5.41, 5.74) is 2.43. The molecule has 1 N–H and O–H groups in total. The van der Waals surface area contributed by atoms with Gasteiger partial charge in [-0.2, -0.15) is 0 Å². The molecule has 118 valence electrons. The number of carbonyl (C=O) groups is 1. The highest BCUT2D eigenvalue weighted by atomic mass is 16.5. The van der Waals surface area contributed by atoms with E-state index in [2.05, 4.69) is 10.5 Å². The van der Waals surface area contributed by atoms with E-state index in [1.807, 2.05) is 25.1 Å². The summed E-state index contributed by atoms with van der Waals surface area (Å²) in [5, 5.41) is 6.72. The molecule has 0 saturated carbocycles. The van der Waals surface area contributed by atoms with Gasteiger partial charge in [0.05, 0.1) is 26.3 Å². The van der Waals surface area contributed by atoms with Gasteiger partial charge < -0.3 is 19.3 Å². The Morgan fingerprint density at radius 1 is 1.27 bits per heavy atom. The molecule has 0 fully saturated rings. The summed E-state index contributed by atoms with van der Waals surface area (Å²) >= 11 is 0. The molecule has 0 aliphatic heterocycles. The molecule has 0 aliphatic rings. The van der Waals surface area contributed by atoms with Crippen LogP contribution in [0.5, 0.6) is 11.5 Å². The van der Waals surface area contributed by atoms with Crippen molar-refractivity contribution in [1.82, 2.24) is 10.5 Å². The zero-order valence-electron chi connectivity index (χ0n) is 13.2. The minimum Gasteiger partial charge on any atom is -0.493 e. The molecular formula is C16H20N2O4. The standard InChI is InChI=1S/C16H20N2O4/c1-10-13(11(2)22-18-10)8-15(19)17-9-12-6-5-7-14(20-3)16(12)21-4/h5-7H,8-9H2,1-4H3,(H,17,19). The number of nitrogens with one attached hydrogen (secondary N) is 1. The summed E-state index contributed by atoms with van der Waals surface area (Å²) < 4.78 is 15.6. The molecule has 1 aromatic heterocycles. The molecule has 2 rings (SSSR count). The fraction of sp³-hybridized carbons (Fsp3) is 0.375. The van der Waals surface area contributed by atoms with E-state index in [1.54, 1.807) is 21.1 Å². The average Bonchev–Trinajstić information content (AvgIpc) is 2.84. The fourth-order valence-electron chi connectivity index (χ4n) is 2.26. The van der Waals surface area contributed by atoms with Crippen LogP contribution in [0.3, 0.4) is 0 Å². The molecule has 1 aromatic carbocycles. The van der Waals surface area contributed by atoms with Gasteiger partial charge in [-0.05, 0) is 19.9 Å². The molecule has 0 unspecified atom stereocenters. The molecule has 0 atom stereocenters. The molecule has 6 nitrogen and oxygen atoms in total. The summed E-state index contributed by atoms with van der Waals surface area (Å²) in [6.07, 6.45) is 0.244. The van der Waals surface area contributed by atoms with E-state index < -0.39 is 0 Å². The van der Waals surface area contributed by atoms with E-state index in [0.29, 0.717) is 23.8 Å². The number of aromatic nitrogens is 1. The number of methoxy groups -OCH3 is 2. The lowest BCUT2D eigenvalue weighted by Gasteiger charge is -2.13. The third-order valence-electron chi connectivity index (χ3n) is 3.48. The largest absolute Gasteiger partial charge is 0.493 e. The Morgan fingerprint density at radius 3 is 2.64 bits per heavy atom. The van der Waals surface area contributed by atoms with Crippen molar-refractivity contribution < 1.29 is 18.8 Å². The molecule has 0 bridgehead atoms. The third-order valence-corrected chi connectivity index (χ3v) is 3.48. The minimum absolute atomic E-state index is 0.0979. The number of benzene rings is 1. The van der Waals surface area contributed by atoms with E-state index in [0.717, 1.165) is 16.8 Å². The van der Waals surface area contributed by atoms with E-state index in [-0.39, 0.29) is 12.3 Å². The van der Waals surface area contributed by atoms with Crippen LogP contribution in [-0.4, -0.2) is 25.3 Å². The second-order valence-electron chi connectivity index (χ2n) is 4.91. The van der Waals surface area contributed by atoms with Gasteiger partial charge in [0.15, 0.2) is 11.5 Å². The Kier molecular flexibility index (Phi) is 5.04. The van der Waals surface area contributed by atoms with Gasteiger partial charge in [0.2, 0.25) is 5.91 Å². The number of carbonyl (C=O) groups excluding carboxylic acids is 1. The number of nitrogens with zero attached hydrogens (tertiary/aromatic N) is 1. The summed E-state index contributed by atoms with van der Waals surface area (Å²) in [6.45, 7) is 3.99. The minimum atomic E-state index is -0.0979.